The van der Waals surface area contributed by atoms with Crippen molar-refractivity contribution in [3.63, 3.8) is 0 Å². The molecule has 0 rings (SSSR count). The maximum absolute atomic E-state index is 10.5. The molecule has 0 heterocycles. The third-order valence-corrected chi connectivity index (χ3v) is 2.53. The highest BCUT2D eigenvalue weighted by Gasteiger charge is 2.09. The molecule has 0 saturated heterocycles. The number of hydrogen-bond acceptors (Lipinski definition) is 2. The lowest BCUT2D eigenvalue weighted by molar-refractivity contribution is 0.536. The number of unbranched alkanes of at least 4 members (excludes halogenated alkanes) is 2. The van der Waals surface area contributed by atoms with E-state index >= 15 is 0 Å². The molecule has 5 heteroatoms. The highest BCUT2D eigenvalue weighted by Crippen LogP contribution is 2.04. The maximum atomic E-state index is 10.5. The summed E-state index contributed by atoms with van der Waals surface area (Å²) in [6, 6.07) is -0.0564. The third-order valence-electron chi connectivity index (χ3n) is 1.58. The van der Waals surface area contributed by atoms with Crippen LogP contribution in [0.5, 0.6) is 0 Å². The molecular formula is C7H16ClNO2S. The van der Waals surface area contributed by atoms with Gasteiger partial charge in [0.05, 0.1) is 0 Å². The first kappa shape index (κ1) is 12.2. The van der Waals surface area contributed by atoms with Gasteiger partial charge in [-0.05, 0) is 13.3 Å². The van der Waals surface area contributed by atoms with E-state index in [0.29, 0.717) is 0 Å². The first-order valence-corrected chi connectivity index (χ1v) is 6.48. The average molecular weight is 214 g/mol. The van der Waals surface area contributed by atoms with Gasteiger partial charge in [0.25, 0.3) is 9.24 Å². The smallest absolute Gasteiger partial charge is 0.199 e. The van der Waals surface area contributed by atoms with Crippen molar-refractivity contribution in [3.05, 3.63) is 0 Å². The Kier molecular flexibility index (Phi) is 5.88. The molecule has 0 bridgehead atoms. The number of rotatable bonds is 6. The molecule has 0 aliphatic heterocycles. The van der Waals surface area contributed by atoms with Crippen molar-refractivity contribution in [2.24, 2.45) is 0 Å². The summed E-state index contributed by atoms with van der Waals surface area (Å²) in [5.41, 5.74) is 0. The minimum absolute atomic E-state index is 0.0564. The lowest BCUT2D eigenvalue weighted by Crippen LogP contribution is -2.28. The van der Waals surface area contributed by atoms with Crippen molar-refractivity contribution in [1.29, 1.82) is 0 Å². The van der Waals surface area contributed by atoms with E-state index in [2.05, 4.69) is 11.6 Å². The monoisotopic (exact) mass is 213 g/mol. The predicted molar refractivity (Wildman–Crippen MR) is 51.5 cm³/mol. The van der Waals surface area contributed by atoms with Gasteiger partial charge in [-0.25, -0.2) is 0 Å². The van der Waals surface area contributed by atoms with Crippen LogP contribution in [-0.2, 0) is 9.24 Å². The molecule has 0 aliphatic rings. The lowest BCUT2D eigenvalue weighted by Gasteiger charge is -2.09. The normalized spacial score (nSPS) is 14.6. The second kappa shape index (κ2) is 5.78. The van der Waals surface area contributed by atoms with Crippen LogP contribution in [-0.4, -0.2) is 14.5 Å². The fraction of sp³-hybridized carbons (Fsp3) is 1.00. The molecule has 0 amide bonds. The topological polar surface area (TPSA) is 46.2 Å². The standard InChI is InChI=1S/C7H16ClNO2S/c1-3-4-5-6-7(2)9-12(8,10)11/h7,9H,3-6H2,1-2H3. The second-order valence-corrected chi connectivity index (χ2v) is 5.28. The number of halogens is 1. The van der Waals surface area contributed by atoms with Crippen molar-refractivity contribution in [3.8, 4) is 0 Å². The molecule has 1 atom stereocenters. The summed E-state index contributed by atoms with van der Waals surface area (Å²) >= 11 is 0. The zero-order valence-electron chi connectivity index (χ0n) is 7.51. The van der Waals surface area contributed by atoms with E-state index in [0.717, 1.165) is 25.7 Å². The van der Waals surface area contributed by atoms with E-state index in [1.54, 1.807) is 0 Å². The molecule has 0 aromatic carbocycles. The van der Waals surface area contributed by atoms with Crippen LogP contribution in [0.4, 0.5) is 0 Å². The van der Waals surface area contributed by atoms with Crippen LogP contribution >= 0.6 is 10.7 Å². The Labute approximate surface area is 79.0 Å². The molecule has 0 spiro atoms. The van der Waals surface area contributed by atoms with Gasteiger partial charge < -0.3 is 0 Å². The van der Waals surface area contributed by atoms with Crippen molar-refractivity contribution < 1.29 is 8.42 Å². The zero-order chi connectivity index (χ0) is 9.61. The molecule has 1 N–H and O–H groups in total. The van der Waals surface area contributed by atoms with Gasteiger partial charge in [-0.15, -0.1) is 0 Å². The first-order valence-electron chi connectivity index (χ1n) is 4.17. The molecule has 12 heavy (non-hydrogen) atoms. The van der Waals surface area contributed by atoms with Gasteiger partial charge in [0.2, 0.25) is 0 Å². The fourth-order valence-electron chi connectivity index (χ4n) is 1.000. The molecule has 74 valence electrons. The van der Waals surface area contributed by atoms with Crippen molar-refractivity contribution in [2.45, 2.75) is 45.6 Å². The Balaban J connectivity index is 3.53. The Hall–Kier alpha value is 0.200. The van der Waals surface area contributed by atoms with Crippen LogP contribution in [0, 0.1) is 0 Å². The summed E-state index contributed by atoms with van der Waals surface area (Å²) in [6.45, 7) is 3.92. The van der Waals surface area contributed by atoms with Gasteiger partial charge in [-0.3, -0.25) is 0 Å². The SMILES string of the molecule is CCCCCC(C)NS(=O)(=O)Cl. The Morgan fingerprint density at radius 2 is 2.00 bits per heavy atom. The maximum Gasteiger partial charge on any atom is 0.297 e. The van der Waals surface area contributed by atoms with E-state index in [4.69, 9.17) is 10.7 Å². The summed E-state index contributed by atoms with van der Waals surface area (Å²) in [7, 11) is 1.46. The van der Waals surface area contributed by atoms with Gasteiger partial charge in [-0.1, -0.05) is 26.2 Å². The zero-order valence-corrected chi connectivity index (χ0v) is 9.08. The molecule has 3 nitrogen and oxygen atoms in total. The third kappa shape index (κ3) is 8.30. The predicted octanol–water partition coefficient (Wildman–Crippen LogP) is 2.03. The van der Waals surface area contributed by atoms with Gasteiger partial charge in [0, 0.05) is 16.7 Å². The summed E-state index contributed by atoms with van der Waals surface area (Å²) in [5.74, 6) is 0. The van der Waals surface area contributed by atoms with Crippen LogP contribution in [0.25, 0.3) is 0 Å². The van der Waals surface area contributed by atoms with Crippen molar-refractivity contribution >= 4 is 19.9 Å². The van der Waals surface area contributed by atoms with Gasteiger partial charge in [0.15, 0.2) is 0 Å². The minimum atomic E-state index is -3.54. The highest BCUT2D eigenvalue weighted by atomic mass is 35.7. The molecule has 1 unspecified atom stereocenters. The molecule has 0 aromatic rings. The first-order chi connectivity index (χ1) is 5.45. The summed E-state index contributed by atoms with van der Waals surface area (Å²) in [5, 5.41) is 0. The molecule has 0 fully saturated rings. The van der Waals surface area contributed by atoms with Gasteiger partial charge in [-0.2, -0.15) is 13.1 Å². The second-order valence-electron chi connectivity index (χ2n) is 2.95. The van der Waals surface area contributed by atoms with Crippen LogP contribution < -0.4 is 4.72 Å². The van der Waals surface area contributed by atoms with Crippen LogP contribution in [0.1, 0.15) is 39.5 Å². The highest BCUT2D eigenvalue weighted by molar-refractivity contribution is 8.12. The lowest BCUT2D eigenvalue weighted by atomic mass is 10.1. The van der Waals surface area contributed by atoms with Crippen LogP contribution in [0.3, 0.4) is 0 Å². The van der Waals surface area contributed by atoms with E-state index < -0.39 is 9.24 Å². The molecule has 0 aromatic heterocycles. The Morgan fingerprint density at radius 3 is 2.42 bits per heavy atom. The van der Waals surface area contributed by atoms with Gasteiger partial charge in [0.1, 0.15) is 0 Å². The molecule has 0 saturated carbocycles. The van der Waals surface area contributed by atoms with Crippen LogP contribution in [0.2, 0.25) is 0 Å². The van der Waals surface area contributed by atoms with Gasteiger partial charge >= 0.3 is 0 Å². The van der Waals surface area contributed by atoms with Crippen molar-refractivity contribution in [1.82, 2.24) is 4.72 Å². The van der Waals surface area contributed by atoms with Crippen molar-refractivity contribution in [2.75, 3.05) is 0 Å². The number of hydrogen-bond donors (Lipinski definition) is 1. The largest absolute Gasteiger partial charge is 0.297 e. The van der Waals surface area contributed by atoms with E-state index in [1.807, 2.05) is 6.92 Å². The molecule has 0 radical (unpaired) electrons. The Bertz CT molecular complexity index is 203. The summed E-state index contributed by atoms with van der Waals surface area (Å²) in [4.78, 5) is 0. The average Bonchev–Trinajstić information content (AvgIpc) is 1.84. The summed E-state index contributed by atoms with van der Waals surface area (Å²) < 4.78 is 23.4. The Morgan fingerprint density at radius 1 is 1.42 bits per heavy atom. The quantitative estimate of drug-likeness (QED) is 0.542. The molecular weight excluding hydrogens is 198 g/mol. The van der Waals surface area contributed by atoms with E-state index in [9.17, 15) is 8.42 Å². The van der Waals surface area contributed by atoms with E-state index in [1.165, 1.54) is 0 Å². The van der Waals surface area contributed by atoms with Crippen LogP contribution in [0.15, 0.2) is 0 Å². The number of nitrogens with one attached hydrogen (secondary N) is 1. The fourth-order valence-corrected chi connectivity index (χ4v) is 2.05. The molecule has 0 aliphatic carbocycles. The minimum Gasteiger partial charge on any atom is -0.199 e. The summed E-state index contributed by atoms with van der Waals surface area (Å²) in [6.07, 6.45) is 4.16. The van der Waals surface area contributed by atoms with E-state index in [-0.39, 0.29) is 6.04 Å².